The van der Waals surface area contributed by atoms with Crippen LogP contribution in [0.1, 0.15) is 5.56 Å². The third kappa shape index (κ3) is 1.86. The number of allylic oxidation sites excluding steroid dienone is 1. The quantitative estimate of drug-likeness (QED) is 0.563. The molecule has 12 heavy (non-hydrogen) atoms. The lowest BCUT2D eigenvalue weighted by Crippen LogP contribution is -1.75. The standard InChI is InChI=1S/C9H7ClO2/c10-9-7(4-2-6-11)3-1-5-8(9)12/h1-6,12H/b4-2+. The van der Waals surface area contributed by atoms with Crippen LogP contribution in [0.3, 0.4) is 0 Å². The molecule has 0 radical (unpaired) electrons. The molecule has 2 nitrogen and oxygen atoms in total. The highest BCUT2D eigenvalue weighted by Gasteiger charge is 2.00. The molecule has 0 bridgehead atoms. The molecular weight excluding hydrogens is 176 g/mol. The molecule has 0 heterocycles. The molecule has 0 unspecified atom stereocenters. The third-order valence-corrected chi connectivity index (χ3v) is 1.77. The van der Waals surface area contributed by atoms with Gasteiger partial charge in [-0.25, -0.2) is 0 Å². The van der Waals surface area contributed by atoms with Crippen molar-refractivity contribution in [1.29, 1.82) is 0 Å². The van der Waals surface area contributed by atoms with Crippen LogP contribution >= 0.6 is 11.6 Å². The van der Waals surface area contributed by atoms with Gasteiger partial charge in [0, 0.05) is 0 Å². The number of carbonyl (C=O) groups excluding carboxylic acids is 1. The molecule has 3 heteroatoms. The zero-order valence-corrected chi connectivity index (χ0v) is 6.95. The summed E-state index contributed by atoms with van der Waals surface area (Å²) in [5.74, 6) is 0.0183. The Hall–Kier alpha value is -1.28. The van der Waals surface area contributed by atoms with Crippen LogP contribution in [0.4, 0.5) is 0 Å². The average molecular weight is 183 g/mol. The molecular formula is C9H7ClO2. The van der Waals surface area contributed by atoms with E-state index in [1.165, 1.54) is 18.2 Å². The molecule has 1 N–H and O–H groups in total. The predicted octanol–water partition coefficient (Wildman–Crippen LogP) is 2.26. The molecule has 0 aromatic heterocycles. The van der Waals surface area contributed by atoms with Gasteiger partial charge >= 0.3 is 0 Å². The molecule has 0 saturated carbocycles. The second kappa shape index (κ2) is 3.93. The van der Waals surface area contributed by atoms with Gasteiger partial charge in [0.15, 0.2) is 0 Å². The highest BCUT2D eigenvalue weighted by Crippen LogP contribution is 2.27. The van der Waals surface area contributed by atoms with E-state index in [0.29, 0.717) is 11.8 Å². The summed E-state index contributed by atoms with van der Waals surface area (Å²) in [5, 5.41) is 9.41. The number of aromatic hydroxyl groups is 1. The minimum atomic E-state index is 0.0183. The zero-order valence-electron chi connectivity index (χ0n) is 6.20. The first kappa shape index (κ1) is 8.81. The first-order chi connectivity index (χ1) is 5.75. The molecule has 0 aliphatic carbocycles. The summed E-state index contributed by atoms with van der Waals surface area (Å²) in [4.78, 5) is 9.98. The molecule has 0 fully saturated rings. The summed E-state index contributed by atoms with van der Waals surface area (Å²) in [5.41, 5.74) is 0.628. The van der Waals surface area contributed by atoms with E-state index >= 15 is 0 Å². The summed E-state index contributed by atoms with van der Waals surface area (Å²) in [7, 11) is 0. The number of halogens is 1. The van der Waals surface area contributed by atoms with Crippen molar-refractivity contribution in [1.82, 2.24) is 0 Å². The minimum absolute atomic E-state index is 0.0183. The van der Waals surface area contributed by atoms with E-state index in [0.717, 1.165) is 0 Å². The van der Waals surface area contributed by atoms with Gasteiger partial charge in [0.2, 0.25) is 0 Å². The Bertz CT molecular complexity index is 318. The van der Waals surface area contributed by atoms with Crippen LogP contribution in [-0.4, -0.2) is 11.4 Å². The van der Waals surface area contributed by atoms with Crippen LogP contribution in [0.2, 0.25) is 5.02 Å². The van der Waals surface area contributed by atoms with Gasteiger partial charge < -0.3 is 5.11 Å². The van der Waals surface area contributed by atoms with Crippen LogP contribution in [0, 0.1) is 0 Å². The van der Waals surface area contributed by atoms with Crippen molar-refractivity contribution < 1.29 is 9.90 Å². The summed E-state index contributed by atoms with van der Waals surface area (Å²) in [6.45, 7) is 0. The Labute approximate surface area is 75.1 Å². The fourth-order valence-corrected chi connectivity index (χ4v) is 0.998. The van der Waals surface area contributed by atoms with E-state index in [9.17, 15) is 4.79 Å². The van der Waals surface area contributed by atoms with Gasteiger partial charge in [-0.3, -0.25) is 4.79 Å². The molecule has 1 aromatic carbocycles. The Kier molecular flexibility index (Phi) is 2.88. The van der Waals surface area contributed by atoms with Crippen molar-refractivity contribution >= 4 is 24.0 Å². The maximum atomic E-state index is 9.98. The summed E-state index contributed by atoms with van der Waals surface area (Å²) in [6.07, 6.45) is 3.51. The topological polar surface area (TPSA) is 37.3 Å². The molecule has 1 aromatic rings. The molecule has 0 aliphatic heterocycles. The number of rotatable bonds is 2. The maximum absolute atomic E-state index is 9.98. The number of hydrogen-bond donors (Lipinski definition) is 1. The largest absolute Gasteiger partial charge is 0.506 e. The number of phenolic OH excluding ortho intramolecular Hbond substituents is 1. The van der Waals surface area contributed by atoms with E-state index in [-0.39, 0.29) is 10.8 Å². The van der Waals surface area contributed by atoms with E-state index in [2.05, 4.69) is 0 Å². The van der Waals surface area contributed by atoms with Gasteiger partial charge in [-0.05, 0) is 17.7 Å². The predicted molar refractivity (Wildman–Crippen MR) is 48.2 cm³/mol. The molecule has 0 atom stereocenters. The van der Waals surface area contributed by atoms with Crippen LogP contribution in [0.15, 0.2) is 24.3 Å². The van der Waals surface area contributed by atoms with Crippen molar-refractivity contribution in [2.45, 2.75) is 0 Å². The molecule has 1 rings (SSSR count). The third-order valence-electron chi connectivity index (χ3n) is 1.36. The highest BCUT2D eigenvalue weighted by atomic mass is 35.5. The van der Waals surface area contributed by atoms with Crippen LogP contribution in [-0.2, 0) is 4.79 Å². The molecule has 0 aliphatic rings. The van der Waals surface area contributed by atoms with Gasteiger partial charge in [0.25, 0.3) is 0 Å². The zero-order chi connectivity index (χ0) is 8.97. The number of hydrogen-bond acceptors (Lipinski definition) is 2. The summed E-state index contributed by atoms with van der Waals surface area (Å²) in [6, 6.07) is 4.86. The van der Waals surface area contributed by atoms with Crippen LogP contribution in [0.5, 0.6) is 5.75 Å². The number of carbonyl (C=O) groups is 1. The summed E-state index contributed by atoms with van der Waals surface area (Å²) < 4.78 is 0. The van der Waals surface area contributed by atoms with Crippen molar-refractivity contribution in [2.24, 2.45) is 0 Å². The van der Waals surface area contributed by atoms with E-state index in [1.807, 2.05) is 0 Å². The van der Waals surface area contributed by atoms with Crippen LogP contribution in [0.25, 0.3) is 6.08 Å². The van der Waals surface area contributed by atoms with Gasteiger partial charge in [-0.2, -0.15) is 0 Å². The molecule has 0 spiro atoms. The summed E-state index contributed by atoms with van der Waals surface area (Å²) >= 11 is 5.71. The van der Waals surface area contributed by atoms with E-state index in [1.54, 1.807) is 12.1 Å². The lowest BCUT2D eigenvalue weighted by atomic mass is 10.2. The number of phenols is 1. The average Bonchev–Trinajstić information content (AvgIpc) is 2.08. The van der Waals surface area contributed by atoms with E-state index in [4.69, 9.17) is 16.7 Å². The second-order valence-corrected chi connectivity index (χ2v) is 2.55. The first-order valence-electron chi connectivity index (χ1n) is 3.35. The minimum Gasteiger partial charge on any atom is -0.506 e. The second-order valence-electron chi connectivity index (χ2n) is 2.18. The molecule has 0 saturated heterocycles. The van der Waals surface area contributed by atoms with E-state index < -0.39 is 0 Å². The Morgan fingerprint density at radius 1 is 1.42 bits per heavy atom. The number of benzene rings is 1. The SMILES string of the molecule is O=C/C=C/c1cccc(O)c1Cl. The van der Waals surface area contributed by atoms with Crippen molar-refractivity contribution in [2.75, 3.05) is 0 Å². The Morgan fingerprint density at radius 3 is 2.83 bits per heavy atom. The lowest BCUT2D eigenvalue weighted by Gasteiger charge is -1.98. The van der Waals surface area contributed by atoms with Crippen molar-refractivity contribution in [3.05, 3.63) is 34.9 Å². The van der Waals surface area contributed by atoms with Crippen molar-refractivity contribution in [3.63, 3.8) is 0 Å². The van der Waals surface area contributed by atoms with Gasteiger partial charge in [0.05, 0.1) is 5.02 Å². The van der Waals surface area contributed by atoms with Gasteiger partial charge in [-0.15, -0.1) is 0 Å². The van der Waals surface area contributed by atoms with Gasteiger partial charge in [-0.1, -0.05) is 29.8 Å². The molecule has 0 amide bonds. The van der Waals surface area contributed by atoms with Crippen molar-refractivity contribution in [3.8, 4) is 5.75 Å². The molecule has 62 valence electrons. The van der Waals surface area contributed by atoms with Crippen LogP contribution < -0.4 is 0 Å². The fourth-order valence-electron chi connectivity index (χ4n) is 0.809. The lowest BCUT2D eigenvalue weighted by molar-refractivity contribution is -0.104. The normalized spacial score (nSPS) is 10.4. The Morgan fingerprint density at radius 2 is 2.17 bits per heavy atom. The smallest absolute Gasteiger partial charge is 0.142 e. The first-order valence-corrected chi connectivity index (χ1v) is 3.73. The maximum Gasteiger partial charge on any atom is 0.142 e. The highest BCUT2D eigenvalue weighted by molar-refractivity contribution is 6.33. The Balaban J connectivity index is 3.07. The fraction of sp³-hybridized carbons (Fsp3) is 0. The number of aldehydes is 1. The van der Waals surface area contributed by atoms with Gasteiger partial charge in [0.1, 0.15) is 12.0 Å². The monoisotopic (exact) mass is 182 g/mol.